The van der Waals surface area contributed by atoms with Gasteiger partial charge in [-0.1, -0.05) is 5.46 Å². The number of nitrogens with one attached hydrogen (secondary N) is 1. The van der Waals surface area contributed by atoms with Crippen LogP contribution in [0.2, 0.25) is 0 Å². The fourth-order valence-corrected chi connectivity index (χ4v) is 0.886. The SMILES string of the molecule is Bc1cnc(NC)c([N+](=O)[O-])c1. The molecule has 0 spiro atoms. The van der Waals surface area contributed by atoms with Gasteiger partial charge < -0.3 is 5.32 Å². The van der Waals surface area contributed by atoms with Gasteiger partial charge >= 0.3 is 5.69 Å². The molecule has 1 rings (SSSR count). The zero-order valence-corrected chi connectivity index (χ0v) is 6.87. The first kappa shape index (κ1) is 8.51. The standard InChI is InChI=1S/C6H8BN3O2/c1-8-6-5(10(11)12)2-4(7)3-9-6/h2-3H,7H2,1H3,(H,8,9). The van der Waals surface area contributed by atoms with E-state index in [-0.39, 0.29) is 5.69 Å². The van der Waals surface area contributed by atoms with E-state index in [1.165, 1.54) is 6.07 Å². The normalized spacial score (nSPS) is 9.42. The Bertz CT molecular complexity index is 316. The van der Waals surface area contributed by atoms with Gasteiger partial charge in [-0.15, -0.1) is 0 Å². The molecule has 0 aliphatic carbocycles. The topological polar surface area (TPSA) is 68.1 Å². The summed E-state index contributed by atoms with van der Waals surface area (Å²) in [7, 11) is 3.37. The Morgan fingerprint density at radius 3 is 2.92 bits per heavy atom. The number of anilines is 1. The van der Waals surface area contributed by atoms with Gasteiger partial charge in [-0.05, 0) is 0 Å². The smallest absolute Gasteiger partial charge is 0.310 e. The molecule has 0 atom stereocenters. The van der Waals surface area contributed by atoms with E-state index in [1.54, 1.807) is 21.1 Å². The quantitative estimate of drug-likeness (QED) is 0.357. The summed E-state index contributed by atoms with van der Waals surface area (Å²) in [6.45, 7) is 0. The minimum atomic E-state index is -0.453. The van der Waals surface area contributed by atoms with Crippen LogP contribution in [0.4, 0.5) is 11.5 Å². The van der Waals surface area contributed by atoms with Gasteiger partial charge in [-0.25, -0.2) is 4.98 Å². The summed E-state index contributed by atoms with van der Waals surface area (Å²) in [5, 5.41) is 13.1. The van der Waals surface area contributed by atoms with Crippen molar-refractivity contribution in [3.8, 4) is 0 Å². The highest BCUT2D eigenvalue weighted by atomic mass is 16.6. The highest BCUT2D eigenvalue weighted by Gasteiger charge is 2.12. The maximum atomic E-state index is 10.5. The van der Waals surface area contributed by atoms with Crippen molar-refractivity contribution in [1.29, 1.82) is 0 Å². The lowest BCUT2D eigenvalue weighted by Crippen LogP contribution is -2.08. The van der Waals surface area contributed by atoms with Gasteiger partial charge in [0.25, 0.3) is 0 Å². The van der Waals surface area contributed by atoms with Crippen LogP contribution < -0.4 is 10.8 Å². The third kappa shape index (κ3) is 1.53. The Morgan fingerprint density at radius 2 is 2.42 bits per heavy atom. The molecule has 0 saturated heterocycles. The van der Waals surface area contributed by atoms with E-state index in [4.69, 9.17) is 0 Å². The lowest BCUT2D eigenvalue weighted by Gasteiger charge is -2.00. The predicted molar refractivity (Wildman–Crippen MR) is 48.6 cm³/mol. The molecule has 0 bridgehead atoms. The van der Waals surface area contributed by atoms with Crippen molar-refractivity contribution in [3.05, 3.63) is 22.4 Å². The molecule has 1 aromatic rings. The maximum Gasteiger partial charge on any atom is 0.310 e. The molecule has 1 heterocycles. The largest absolute Gasteiger partial charge is 0.367 e. The minimum Gasteiger partial charge on any atom is -0.367 e. The number of hydrogen-bond donors (Lipinski definition) is 1. The molecular weight excluding hydrogens is 157 g/mol. The molecule has 0 amide bonds. The van der Waals surface area contributed by atoms with Gasteiger partial charge in [-0.2, -0.15) is 0 Å². The van der Waals surface area contributed by atoms with Crippen LogP contribution in [0.3, 0.4) is 0 Å². The molecule has 12 heavy (non-hydrogen) atoms. The molecule has 62 valence electrons. The van der Waals surface area contributed by atoms with Crippen LogP contribution in [0.25, 0.3) is 0 Å². The molecule has 0 aromatic carbocycles. The summed E-state index contributed by atoms with van der Waals surface area (Å²) >= 11 is 0. The van der Waals surface area contributed by atoms with Gasteiger partial charge in [0.1, 0.15) is 7.85 Å². The summed E-state index contributed by atoms with van der Waals surface area (Å²) in [4.78, 5) is 13.9. The van der Waals surface area contributed by atoms with Gasteiger partial charge in [0.2, 0.25) is 5.82 Å². The van der Waals surface area contributed by atoms with Gasteiger partial charge in [0, 0.05) is 19.3 Å². The highest BCUT2D eigenvalue weighted by Crippen LogP contribution is 2.17. The molecular formula is C6H8BN3O2. The fraction of sp³-hybridized carbons (Fsp3) is 0.167. The lowest BCUT2D eigenvalue weighted by atomic mass is 9.98. The molecule has 0 fully saturated rings. The van der Waals surface area contributed by atoms with E-state index in [2.05, 4.69) is 10.3 Å². The number of nitro groups is 1. The van der Waals surface area contributed by atoms with E-state index in [0.29, 0.717) is 5.82 Å². The third-order valence-electron chi connectivity index (χ3n) is 1.44. The first-order valence-electron chi connectivity index (χ1n) is 3.44. The Balaban J connectivity index is 3.21. The Hall–Kier alpha value is -1.59. The van der Waals surface area contributed by atoms with Crippen molar-refractivity contribution >= 4 is 24.8 Å². The van der Waals surface area contributed by atoms with Crippen LogP contribution in [-0.4, -0.2) is 24.8 Å². The van der Waals surface area contributed by atoms with E-state index < -0.39 is 4.92 Å². The predicted octanol–water partition coefficient (Wildman–Crippen LogP) is -0.710. The maximum absolute atomic E-state index is 10.5. The average molecular weight is 165 g/mol. The van der Waals surface area contributed by atoms with E-state index in [1.807, 2.05) is 0 Å². The van der Waals surface area contributed by atoms with Crippen molar-refractivity contribution in [2.45, 2.75) is 0 Å². The summed E-state index contributed by atoms with van der Waals surface area (Å²) < 4.78 is 0. The van der Waals surface area contributed by atoms with Crippen molar-refractivity contribution in [3.63, 3.8) is 0 Å². The first-order valence-corrected chi connectivity index (χ1v) is 3.44. The Labute approximate surface area is 70.4 Å². The molecule has 0 radical (unpaired) electrons. The van der Waals surface area contributed by atoms with Crippen LogP contribution in [0.15, 0.2) is 12.3 Å². The first-order chi connectivity index (χ1) is 5.65. The van der Waals surface area contributed by atoms with Gasteiger partial charge in [0.15, 0.2) is 0 Å². The van der Waals surface area contributed by atoms with Crippen molar-refractivity contribution in [2.24, 2.45) is 0 Å². The van der Waals surface area contributed by atoms with Crippen molar-refractivity contribution < 1.29 is 4.92 Å². The molecule has 5 nitrogen and oxygen atoms in total. The number of aromatic nitrogens is 1. The van der Waals surface area contributed by atoms with Crippen LogP contribution in [-0.2, 0) is 0 Å². The zero-order valence-electron chi connectivity index (χ0n) is 6.87. The van der Waals surface area contributed by atoms with Crippen LogP contribution in [0.5, 0.6) is 0 Å². The summed E-state index contributed by atoms with van der Waals surface area (Å²) in [5.41, 5.74) is 0.790. The molecule has 6 heteroatoms. The highest BCUT2D eigenvalue weighted by molar-refractivity contribution is 6.32. The fourth-order valence-electron chi connectivity index (χ4n) is 0.886. The molecule has 0 saturated carbocycles. The van der Waals surface area contributed by atoms with Crippen LogP contribution in [0.1, 0.15) is 0 Å². The monoisotopic (exact) mass is 165 g/mol. The lowest BCUT2D eigenvalue weighted by molar-refractivity contribution is -0.384. The number of nitrogens with zero attached hydrogens (tertiary/aromatic N) is 2. The third-order valence-corrected chi connectivity index (χ3v) is 1.44. The van der Waals surface area contributed by atoms with E-state index >= 15 is 0 Å². The van der Waals surface area contributed by atoms with Crippen LogP contribution >= 0.6 is 0 Å². The number of pyridine rings is 1. The van der Waals surface area contributed by atoms with E-state index in [9.17, 15) is 10.1 Å². The minimum absolute atomic E-state index is 0.0116. The Kier molecular flexibility index (Phi) is 2.28. The van der Waals surface area contributed by atoms with E-state index in [0.717, 1.165) is 5.46 Å². The molecule has 0 unspecified atom stereocenters. The second-order valence-electron chi connectivity index (χ2n) is 2.39. The summed E-state index contributed by atoms with van der Waals surface area (Å²) in [6, 6.07) is 1.48. The average Bonchev–Trinajstić information content (AvgIpc) is 2.04. The van der Waals surface area contributed by atoms with Gasteiger partial charge in [0.05, 0.1) is 4.92 Å². The Morgan fingerprint density at radius 1 is 1.75 bits per heavy atom. The summed E-state index contributed by atoms with van der Waals surface area (Å²) in [6.07, 6.45) is 1.58. The molecule has 0 aliphatic rings. The molecule has 0 aliphatic heterocycles. The molecule has 1 N–H and O–H groups in total. The van der Waals surface area contributed by atoms with Crippen LogP contribution in [0, 0.1) is 10.1 Å². The van der Waals surface area contributed by atoms with Crippen molar-refractivity contribution in [1.82, 2.24) is 4.98 Å². The zero-order chi connectivity index (χ0) is 9.14. The second-order valence-corrected chi connectivity index (χ2v) is 2.39. The molecule has 1 aromatic heterocycles. The van der Waals surface area contributed by atoms with Gasteiger partial charge in [-0.3, -0.25) is 10.1 Å². The number of rotatable bonds is 2. The second kappa shape index (κ2) is 3.21. The number of hydrogen-bond acceptors (Lipinski definition) is 4. The summed E-state index contributed by atoms with van der Waals surface area (Å²) in [5.74, 6) is 0.297. The van der Waals surface area contributed by atoms with Crippen molar-refractivity contribution in [2.75, 3.05) is 12.4 Å².